The fourth-order valence-corrected chi connectivity index (χ4v) is 3.12. The summed E-state index contributed by atoms with van der Waals surface area (Å²) in [4.78, 5) is 13.2. The van der Waals surface area contributed by atoms with Crippen LogP contribution in [0.3, 0.4) is 0 Å². The van der Waals surface area contributed by atoms with E-state index in [0.717, 1.165) is 11.3 Å². The zero-order valence-electron chi connectivity index (χ0n) is 19.0. The van der Waals surface area contributed by atoms with Crippen LogP contribution in [0, 0.1) is 5.82 Å². The molecule has 0 saturated carbocycles. The highest BCUT2D eigenvalue weighted by molar-refractivity contribution is 6.13. The van der Waals surface area contributed by atoms with Gasteiger partial charge in [-0.3, -0.25) is 15.0 Å². The van der Waals surface area contributed by atoms with Crippen molar-refractivity contribution < 1.29 is 17.6 Å². The monoisotopic (exact) mass is 471 g/mol. The lowest BCUT2D eigenvalue weighted by Gasteiger charge is -2.23. The maximum Gasteiger partial charge on any atom is 0.389 e. The predicted octanol–water partition coefficient (Wildman–Crippen LogP) is 6.03. The second kappa shape index (κ2) is 11.0. The molecule has 0 saturated heterocycles. The molecule has 0 fully saturated rings. The van der Waals surface area contributed by atoms with Crippen molar-refractivity contribution in [3.05, 3.63) is 84.0 Å². The van der Waals surface area contributed by atoms with E-state index in [-0.39, 0.29) is 12.2 Å². The van der Waals surface area contributed by atoms with Crippen LogP contribution in [0.25, 0.3) is 0 Å². The minimum atomic E-state index is -4.22. The average molecular weight is 472 g/mol. The Balaban J connectivity index is 1.74. The SMILES string of the molecule is C=C1C=CC(C(/C=C\C)=C/N=C(C)CCC(F)(F)F)=NN1CC1=NC(c2ccc(F)cc2)=NC1. The zero-order chi connectivity index (χ0) is 24.7. The highest BCUT2D eigenvalue weighted by Crippen LogP contribution is 2.22. The van der Waals surface area contributed by atoms with Gasteiger partial charge in [0.1, 0.15) is 5.82 Å². The molecular weight excluding hydrogens is 446 g/mol. The van der Waals surface area contributed by atoms with Crippen LogP contribution < -0.4 is 0 Å². The number of hydrazone groups is 1. The van der Waals surface area contributed by atoms with Crippen molar-refractivity contribution >= 4 is 23.0 Å². The molecule has 0 spiro atoms. The van der Waals surface area contributed by atoms with E-state index in [9.17, 15) is 17.6 Å². The topological polar surface area (TPSA) is 52.7 Å². The van der Waals surface area contributed by atoms with Gasteiger partial charge in [-0.25, -0.2) is 9.38 Å². The largest absolute Gasteiger partial charge is 0.389 e. The number of alkyl halides is 3. The first-order valence-corrected chi connectivity index (χ1v) is 10.7. The summed E-state index contributed by atoms with van der Waals surface area (Å²) >= 11 is 0. The number of amidine groups is 1. The second-order valence-corrected chi connectivity index (χ2v) is 7.76. The van der Waals surface area contributed by atoms with Crippen LogP contribution in [0.15, 0.2) is 92.7 Å². The van der Waals surface area contributed by atoms with Gasteiger partial charge in [0, 0.05) is 29.5 Å². The number of hydrogen-bond donors (Lipinski definition) is 0. The van der Waals surface area contributed by atoms with E-state index in [1.807, 2.05) is 6.92 Å². The van der Waals surface area contributed by atoms with Crippen LogP contribution in [0.4, 0.5) is 17.6 Å². The Morgan fingerprint density at radius 1 is 1.21 bits per heavy atom. The number of nitrogens with zero attached hydrogens (tertiary/aromatic N) is 5. The average Bonchev–Trinajstić information content (AvgIpc) is 3.25. The molecule has 0 N–H and O–H groups in total. The summed E-state index contributed by atoms with van der Waals surface area (Å²) in [6.07, 6.45) is 3.41. The van der Waals surface area contributed by atoms with E-state index < -0.39 is 12.6 Å². The molecule has 178 valence electrons. The van der Waals surface area contributed by atoms with E-state index in [1.165, 1.54) is 18.3 Å². The van der Waals surface area contributed by atoms with E-state index in [4.69, 9.17) is 0 Å². The fourth-order valence-electron chi connectivity index (χ4n) is 3.12. The van der Waals surface area contributed by atoms with Gasteiger partial charge in [-0.15, -0.1) is 0 Å². The molecule has 0 radical (unpaired) electrons. The van der Waals surface area contributed by atoms with Gasteiger partial charge in [-0.2, -0.15) is 18.3 Å². The van der Waals surface area contributed by atoms with Crippen molar-refractivity contribution in [2.45, 2.75) is 32.9 Å². The quantitative estimate of drug-likeness (QED) is 0.259. The number of benzene rings is 1. The lowest BCUT2D eigenvalue weighted by Crippen LogP contribution is -2.28. The van der Waals surface area contributed by atoms with E-state index >= 15 is 0 Å². The normalized spacial score (nSPS) is 17.4. The highest BCUT2D eigenvalue weighted by Gasteiger charge is 2.26. The van der Waals surface area contributed by atoms with Crippen LogP contribution in [0.5, 0.6) is 0 Å². The summed E-state index contributed by atoms with van der Waals surface area (Å²) in [6.45, 7) is 8.17. The second-order valence-electron chi connectivity index (χ2n) is 7.76. The van der Waals surface area contributed by atoms with Gasteiger partial charge in [0.05, 0.1) is 30.2 Å². The van der Waals surface area contributed by atoms with Gasteiger partial charge in [0.15, 0.2) is 5.84 Å². The first kappa shape index (κ1) is 25.0. The molecule has 2 heterocycles. The maximum atomic E-state index is 13.2. The molecular formula is C25H25F4N5. The standard InChI is InChI=1S/C25H25F4N5/c1-4-5-20(14-30-17(2)12-13-25(27,28)29)23-11-6-18(3)34(33-23)16-22-15-31-24(32-22)19-7-9-21(26)10-8-19/h4-11,14H,3,12-13,15-16H2,1-2H3/b5-4-,20-14+,30-17?. The van der Waals surface area contributed by atoms with Gasteiger partial charge in [0.25, 0.3) is 0 Å². The molecule has 0 atom stereocenters. The van der Waals surface area contributed by atoms with E-state index in [1.54, 1.807) is 48.4 Å². The molecule has 9 heteroatoms. The molecule has 34 heavy (non-hydrogen) atoms. The Kier molecular flexibility index (Phi) is 8.09. The molecule has 0 amide bonds. The van der Waals surface area contributed by atoms with Crippen molar-refractivity contribution in [3.8, 4) is 0 Å². The molecule has 3 rings (SSSR count). The number of halogens is 4. The summed E-state index contributed by atoms with van der Waals surface area (Å²) in [5.74, 6) is 0.213. The molecule has 1 aromatic rings. The third-order valence-electron chi connectivity index (χ3n) is 4.94. The van der Waals surface area contributed by atoms with Crippen molar-refractivity contribution in [2.75, 3.05) is 13.1 Å². The van der Waals surface area contributed by atoms with E-state index in [0.29, 0.717) is 41.6 Å². The molecule has 0 unspecified atom stereocenters. The third kappa shape index (κ3) is 7.19. The van der Waals surface area contributed by atoms with Crippen molar-refractivity contribution in [2.24, 2.45) is 20.1 Å². The Morgan fingerprint density at radius 2 is 1.94 bits per heavy atom. The van der Waals surface area contributed by atoms with Crippen LogP contribution in [-0.2, 0) is 0 Å². The third-order valence-corrected chi connectivity index (χ3v) is 4.94. The lowest BCUT2D eigenvalue weighted by molar-refractivity contribution is -0.132. The molecule has 0 aliphatic carbocycles. The summed E-state index contributed by atoms with van der Waals surface area (Å²) in [6, 6.07) is 5.99. The molecule has 5 nitrogen and oxygen atoms in total. The van der Waals surface area contributed by atoms with Crippen LogP contribution in [0.2, 0.25) is 0 Å². The molecule has 1 aromatic carbocycles. The van der Waals surface area contributed by atoms with Crippen molar-refractivity contribution in [3.63, 3.8) is 0 Å². The van der Waals surface area contributed by atoms with Gasteiger partial charge < -0.3 is 0 Å². The Hall–Kier alpha value is -3.62. The highest BCUT2D eigenvalue weighted by atomic mass is 19.4. The van der Waals surface area contributed by atoms with Gasteiger partial charge in [-0.05, 0) is 56.7 Å². The van der Waals surface area contributed by atoms with Gasteiger partial charge in [0.2, 0.25) is 0 Å². The molecule has 2 aliphatic rings. The van der Waals surface area contributed by atoms with Crippen LogP contribution in [-0.4, -0.2) is 47.2 Å². The first-order valence-electron chi connectivity index (χ1n) is 10.7. The predicted molar refractivity (Wildman–Crippen MR) is 129 cm³/mol. The maximum absolute atomic E-state index is 13.2. The van der Waals surface area contributed by atoms with E-state index in [2.05, 4.69) is 26.7 Å². The smallest absolute Gasteiger partial charge is 0.265 e. The van der Waals surface area contributed by atoms with Crippen molar-refractivity contribution in [1.82, 2.24) is 5.01 Å². The first-order chi connectivity index (χ1) is 16.1. The molecule has 0 bridgehead atoms. The number of rotatable bonds is 8. The number of allylic oxidation sites excluding steroid dienone is 5. The van der Waals surface area contributed by atoms with Gasteiger partial charge >= 0.3 is 6.18 Å². The Morgan fingerprint density at radius 3 is 2.62 bits per heavy atom. The lowest BCUT2D eigenvalue weighted by atomic mass is 10.1. The minimum absolute atomic E-state index is 0.162. The van der Waals surface area contributed by atoms with Gasteiger partial charge in [-0.1, -0.05) is 18.7 Å². The minimum Gasteiger partial charge on any atom is -0.265 e. The summed E-state index contributed by atoms with van der Waals surface area (Å²) in [5.41, 5.74) is 3.79. The Bertz CT molecular complexity index is 1130. The zero-order valence-corrected chi connectivity index (χ0v) is 19.0. The molecule has 2 aliphatic heterocycles. The Labute approximate surface area is 196 Å². The van der Waals surface area contributed by atoms with Crippen molar-refractivity contribution in [1.29, 1.82) is 0 Å². The summed E-state index contributed by atoms with van der Waals surface area (Å²) < 4.78 is 50.5. The number of hydrogen-bond acceptors (Lipinski definition) is 5. The number of aliphatic imine (C=N–C) groups is 3. The summed E-state index contributed by atoms with van der Waals surface area (Å²) in [7, 11) is 0. The fraction of sp³-hybridized carbons (Fsp3) is 0.280. The van der Waals surface area contributed by atoms with Crippen LogP contribution >= 0.6 is 0 Å². The molecule has 0 aromatic heterocycles. The summed E-state index contributed by atoms with van der Waals surface area (Å²) in [5, 5.41) is 6.32. The van der Waals surface area contributed by atoms with Crippen LogP contribution in [0.1, 0.15) is 32.3 Å².